The van der Waals surface area contributed by atoms with Gasteiger partial charge in [-0.3, -0.25) is 0 Å². The predicted molar refractivity (Wildman–Crippen MR) is 87.0 cm³/mol. The molecule has 20 heavy (non-hydrogen) atoms. The van der Waals surface area contributed by atoms with Crippen LogP contribution in [-0.4, -0.2) is 6.04 Å². The maximum atomic E-state index is 6.24. The van der Waals surface area contributed by atoms with E-state index in [1.807, 2.05) is 30.3 Å². The lowest BCUT2D eigenvalue weighted by molar-refractivity contribution is 0.171. The number of benzene rings is 2. The molecule has 2 aromatic carbocycles. The van der Waals surface area contributed by atoms with Crippen molar-refractivity contribution in [3.63, 3.8) is 0 Å². The molecule has 0 heterocycles. The lowest BCUT2D eigenvalue weighted by Crippen LogP contribution is -2.31. The average molecular weight is 334 g/mol. The molecule has 0 spiro atoms. The van der Waals surface area contributed by atoms with Crippen molar-refractivity contribution in [2.75, 3.05) is 0 Å². The van der Waals surface area contributed by atoms with Crippen molar-refractivity contribution < 1.29 is 4.74 Å². The molecule has 0 amide bonds. The van der Waals surface area contributed by atoms with Crippen LogP contribution < -0.4 is 10.5 Å². The van der Waals surface area contributed by atoms with Gasteiger partial charge in [-0.1, -0.05) is 52.7 Å². The summed E-state index contributed by atoms with van der Waals surface area (Å²) in [6, 6.07) is 16.2. The van der Waals surface area contributed by atoms with Crippen LogP contribution in [0.25, 0.3) is 0 Å². The standard InChI is InChI=1S/C17H20BrNO/c1-3-16(19)17(13-6-4-5-12(2)11-13)20-15-9-7-14(18)8-10-15/h4-11,16-17H,3,19H2,1-2H3. The van der Waals surface area contributed by atoms with Gasteiger partial charge in [0.15, 0.2) is 0 Å². The molecule has 0 radical (unpaired) electrons. The van der Waals surface area contributed by atoms with E-state index in [4.69, 9.17) is 10.5 Å². The zero-order valence-corrected chi connectivity index (χ0v) is 13.4. The maximum Gasteiger partial charge on any atom is 0.139 e. The van der Waals surface area contributed by atoms with Gasteiger partial charge in [0.25, 0.3) is 0 Å². The molecule has 0 aliphatic heterocycles. The summed E-state index contributed by atoms with van der Waals surface area (Å²) in [5.74, 6) is 0.837. The van der Waals surface area contributed by atoms with E-state index in [1.54, 1.807) is 0 Å². The Labute approximate surface area is 129 Å². The third kappa shape index (κ3) is 3.84. The van der Waals surface area contributed by atoms with Gasteiger partial charge in [0, 0.05) is 10.5 Å². The smallest absolute Gasteiger partial charge is 0.139 e. The van der Waals surface area contributed by atoms with E-state index in [0.717, 1.165) is 22.2 Å². The van der Waals surface area contributed by atoms with Crippen LogP contribution in [0.1, 0.15) is 30.6 Å². The maximum absolute atomic E-state index is 6.24. The van der Waals surface area contributed by atoms with E-state index < -0.39 is 0 Å². The summed E-state index contributed by atoms with van der Waals surface area (Å²) >= 11 is 3.43. The fraction of sp³-hybridized carbons (Fsp3) is 0.294. The Morgan fingerprint density at radius 2 is 1.85 bits per heavy atom. The lowest BCUT2D eigenvalue weighted by Gasteiger charge is -2.25. The van der Waals surface area contributed by atoms with E-state index >= 15 is 0 Å². The minimum Gasteiger partial charge on any atom is -0.484 e. The van der Waals surface area contributed by atoms with Crippen molar-refractivity contribution in [3.05, 3.63) is 64.1 Å². The predicted octanol–water partition coefficient (Wildman–Crippen LogP) is 4.61. The Morgan fingerprint density at radius 1 is 1.15 bits per heavy atom. The highest BCUT2D eigenvalue weighted by Gasteiger charge is 2.20. The van der Waals surface area contributed by atoms with Crippen molar-refractivity contribution in [3.8, 4) is 5.75 Å². The summed E-state index contributed by atoms with van der Waals surface area (Å²) in [7, 11) is 0. The summed E-state index contributed by atoms with van der Waals surface area (Å²) in [4.78, 5) is 0. The van der Waals surface area contributed by atoms with Crippen molar-refractivity contribution in [1.29, 1.82) is 0 Å². The third-order valence-corrected chi connectivity index (χ3v) is 3.84. The number of rotatable bonds is 5. The number of nitrogens with two attached hydrogens (primary N) is 1. The first-order chi connectivity index (χ1) is 9.60. The summed E-state index contributed by atoms with van der Waals surface area (Å²) in [5.41, 5.74) is 8.59. The van der Waals surface area contributed by atoms with Crippen LogP contribution in [0.4, 0.5) is 0 Å². The fourth-order valence-corrected chi connectivity index (χ4v) is 2.39. The highest BCUT2D eigenvalue weighted by Crippen LogP contribution is 2.27. The lowest BCUT2D eigenvalue weighted by atomic mass is 9.99. The van der Waals surface area contributed by atoms with Gasteiger partial charge in [0.2, 0.25) is 0 Å². The Bertz CT molecular complexity index is 553. The molecular formula is C17H20BrNO. The second kappa shape index (κ2) is 6.91. The zero-order valence-electron chi connectivity index (χ0n) is 11.8. The normalized spacial score (nSPS) is 13.8. The molecule has 2 N–H and O–H groups in total. The molecule has 0 aliphatic rings. The van der Waals surface area contributed by atoms with Crippen LogP contribution in [-0.2, 0) is 0 Å². The first-order valence-corrected chi connectivity index (χ1v) is 7.64. The Balaban J connectivity index is 2.26. The Hall–Kier alpha value is -1.32. The van der Waals surface area contributed by atoms with Gasteiger partial charge in [-0.05, 0) is 43.2 Å². The fourth-order valence-electron chi connectivity index (χ4n) is 2.12. The van der Waals surface area contributed by atoms with Crippen LogP contribution in [0.5, 0.6) is 5.75 Å². The van der Waals surface area contributed by atoms with Gasteiger partial charge in [0.05, 0.1) is 0 Å². The van der Waals surface area contributed by atoms with Crippen molar-refractivity contribution in [2.24, 2.45) is 5.73 Å². The van der Waals surface area contributed by atoms with Gasteiger partial charge < -0.3 is 10.5 Å². The number of hydrogen-bond donors (Lipinski definition) is 1. The molecule has 0 aliphatic carbocycles. The van der Waals surface area contributed by atoms with Crippen LogP contribution in [0, 0.1) is 6.92 Å². The molecule has 0 bridgehead atoms. The highest BCUT2D eigenvalue weighted by molar-refractivity contribution is 9.10. The Morgan fingerprint density at radius 3 is 2.45 bits per heavy atom. The third-order valence-electron chi connectivity index (χ3n) is 3.31. The van der Waals surface area contributed by atoms with Gasteiger partial charge in [-0.25, -0.2) is 0 Å². The number of halogens is 1. The van der Waals surface area contributed by atoms with Crippen molar-refractivity contribution in [2.45, 2.75) is 32.4 Å². The van der Waals surface area contributed by atoms with E-state index in [2.05, 4.69) is 48.0 Å². The molecule has 2 aromatic rings. The molecular weight excluding hydrogens is 314 g/mol. The van der Waals surface area contributed by atoms with E-state index in [1.165, 1.54) is 5.56 Å². The summed E-state index contributed by atoms with van der Waals surface area (Å²) in [6.45, 7) is 4.16. The molecule has 0 saturated carbocycles. The first kappa shape index (κ1) is 15.1. The molecule has 2 atom stereocenters. The van der Waals surface area contributed by atoms with Crippen LogP contribution in [0.15, 0.2) is 53.0 Å². The van der Waals surface area contributed by atoms with Gasteiger partial charge in [-0.2, -0.15) is 0 Å². The molecule has 2 nitrogen and oxygen atoms in total. The number of aryl methyl sites for hydroxylation is 1. The van der Waals surface area contributed by atoms with Gasteiger partial charge in [-0.15, -0.1) is 0 Å². The SMILES string of the molecule is CCC(N)C(Oc1ccc(Br)cc1)c1cccc(C)c1. The van der Waals surface area contributed by atoms with E-state index in [0.29, 0.717) is 0 Å². The Kier molecular flexibility index (Phi) is 5.21. The van der Waals surface area contributed by atoms with Gasteiger partial charge >= 0.3 is 0 Å². The molecule has 2 unspecified atom stereocenters. The van der Waals surface area contributed by atoms with E-state index in [9.17, 15) is 0 Å². The summed E-state index contributed by atoms with van der Waals surface area (Å²) < 4.78 is 7.16. The second-order valence-corrected chi connectivity index (χ2v) is 5.89. The minimum absolute atomic E-state index is 0.0274. The van der Waals surface area contributed by atoms with Gasteiger partial charge in [0.1, 0.15) is 11.9 Å². The second-order valence-electron chi connectivity index (χ2n) is 4.98. The molecule has 0 saturated heterocycles. The monoisotopic (exact) mass is 333 g/mol. The van der Waals surface area contributed by atoms with Crippen molar-refractivity contribution in [1.82, 2.24) is 0 Å². The van der Waals surface area contributed by atoms with Crippen molar-refractivity contribution >= 4 is 15.9 Å². The summed E-state index contributed by atoms with van der Waals surface area (Å²) in [5, 5.41) is 0. The highest BCUT2D eigenvalue weighted by atomic mass is 79.9. The number of ether oxygens (including phenoxy) is 1. The minimum atomic E-state index is -0.124. The topological polar surface area (TPSA) is 35.2 Å². The van der Waals surface area contributed by atoms with Crippen LogP contribution in [0.3, 0.4) is 0 Å². The molecule has 2 rings (SSSR count). The molecule has 0 fully saturated rings. The number of hydrogen-bond acceptors (Lipinski definition) is 2. The largest absolute Gasteiger partial charge is 0.484 e. The molecule has 0 aromatic heterocycles. The van der Waals surface area contributed by atoms with E-state index in [-0.39, 0.29) is 12.1 Å². The molecule has 106 valence electrons. The average Bonchev–Trinajstić information content (AvgIpc) is 2.46. The quantitative estimate of drug-likeness (QED) is 0.866. The summed E-state index contributed by atoms with van der Waals surface area (Å²) in [6.07, 6.45) is 0.746. The zero-order chi connectivity index (χ0) is 14.5. The van der Waals surface area contributed by atoms with Crippen LogP contribution >= 0.6 is 15.9 Å². The van der Waals surface area contributed by atoms with Crippen LogP contribution in [0.2, 0.25) is 0 Å². The molecule has 3 heteroatoms. The first-order valence-electron chi connectivity index (χ1n) is 6.84.